The zero-order valence-electron chi connectivity index (χ0n) is 10.1. The molecule has 0 aliphatic heterocycles. The third kappa shape index (κ3) is 2.33. The predicted molar refractivity (Wildman–Crippen MR) is 69.5 cm³/mol. The van der Waals surface area contributed by atoms with Gasteiger partial charge in [0.25, 0.3) is 0 Å². The van der Waals surface area contributed by atoms with E-state index in [1.165, 1.54) is 5.56 Å². The maximum atomic E-state index is 5.70. The molecule has 0 fully saturated rings. The van der Waals surface area contributed by atoms with E-state index in [1.54, 1.807) is 14.2 Å². The van der Waals surface area contributed by atoms with Gasteiger partial charge in [-0.05, 0) is 52.5 Å². The number of ether oxygens (including phenoxy) is 2. The quantitative estimate of drug-likeness (QED) is 0.926. The molecular formula is C12H18BrNO2. The molecule has 1 aromatic rings. The van der Waals surface area contributed by atoms with Crippen molar-refractivity contribution in [1.82, 2.24) is 0 Å². The van der Waals surface area contributed by atoms with E-state index in [0.717, 1.165) is 21.5 Å². The van der Waals surface area contributed by atoms with Gasteiger partial charge in [0.1, 0.15) is 0 Å². The summed E-state index contributed by atoms with van der Waals surface area (Å²) in [5.74, 6) is 1.80. The van der Waals surface area contributed by atoms with Crippen LogP contribution < -0.4 is 15.2 Å². The third-order valence-corrected chi connectivity index (χ3v) is 3.36. The van der Waals surface area contributed by atoms with E-state index in [-0.39, 0.29) is 0 Å². The fourth-order valence-corrected chi connectivity index (χ4v) is 2.38. The molecule has 1 unspecified atom stereocenters. The van der Waals surface area contributed by atoms with E-state index in [1.807, 2.05) is 13.0 Å². The summed E-state index contributed by atoms with van der Waals surface area (Å²) in [4.78, 5) is 0. The van der Waals surface area contributed by atoms with Crippen LogP contribution in [0, 0.1) is 6.92 Å². The van der Waals surface area contributed by atoms with Crippen molar-refractivity contribution in [3.63, 3.8) is 0 Å². The molecule has 90 valence electrons. The number of hydrogen-bond donors (Lipinski definition) is 1. The second kappa shape index (κ2) is 5.55. The first kappa shape index (κ1) is 13.3. The number of halogens is 1. The Morgan fingerprint density at radius 3 is 2.31 bits per heavy atom. The molecule has 1 atom stereocenters. The minimum absolute atomic E-state index is 0.302. The fraction of sp³-hybridized carbons (Fsp3) is 0.500. The molecule has 0 bridgehead atoms. The zero-order chi connectivity index (χ0) is 12.3. The summed E-state index contributed by atoms with van der Waals surface area (Å²) >= 11 is 3.48. The summed E-state index contributed by atoms with van der Waals surface area (Å²) in [5.41, 5.74) is 7.97. The van der Waals surface area contributed by atoms with Crippen LogP contribution in [0.25, 0.3) is 0 Å². The van der Waals surface area contributed by atoms with E-state index in [4.69, 9.17) is 15.2 Å². The van der Waals surface area contributed by atoms with E-state index in [2.05, 4.69) is 22.9 Å². The van der Waals surface area contributed by atoms with Crippen LogP contribution in [0.5, 0.6) is 11.5 Å². The Morgan fingerprint density at radius 2 is 1.88 bits per heavy atom. The average molecular weight is 288 g/mol. The Balaban J connectivity index is 3.39. The first-order chi connectivity index (χ1) is 7.56. The van der Waals surface area contributed by atoms with Gasteiger partial charge in [-0.3, -0.25) is 0 Å². The van der Waals surface area contributed by atoms with Crippen LogP contribution in [0.2, 0.25) is 0 Å². The standard InChI is InChI=1S/C12H18BrNO2/c1-7(6-14)9-5-10(13)12(16-4)11(15-3)8(9)2/h5,7H,6,14H2,1-4H3. The molecule has 0 amide bonds. The van der Waals surface area contributed by atoms with Crippen molar-refractivity contribution >= 4 is 15.9 Å². The molecule has 0 heterocycles. The van der Waals surface area contributed by atoms with Gasteiger partial charge in [0.05, 0.1) is 18.7 Å². The number of hydrogen-bond acceptors (Lipinski definition) is 3. The largest absolute Gasteiger partial charge is 0.493 e. The zero-order valence-corrected chi connectivity index (χ0v) is 11.7. The van der Waals surface area contributed by atoms with Crippen molar-refractivity contribution in [2.24, 2.45) is 5.73 Å². The minimum Gasteiger partial charge on any atom is -0.493 e. The SMILES string of the molecule is COc1c(Br)cc(C(C)CN)c(C)c1OC. The number of nitrogens with two attached hydrogens (primary N) is 1. The van der Waals surface area contributed by atoms with Gasteiger partial charge in [-0.25, -0.2) is 0 Å². The van der Waals surface area contributed by atoms with E-state index in [0.29, 0.717) is 12.5 Å². The molecule has 4 heteroatoms. The van der Waals surface area contributed by atoms with Crippen molar-refractivity contribution in [2.75, 3.05) is 20.8 Å². The van der Waals surface area contributed by atoms with Gasteiger partial charge in [-0.1, -0.05) is 6.92 Å². The number of benzene rings is 1. The molecule has 0 radical (unpaired) electrons. The number of methoxy groups -OCH3 is 2. The van der Waals surface area contributed by atoms with Gasteiger partial charge in [0, 0.05) is 0 Å². The molecular weight excluding hydrogens is 270 g/mol. The topological polar surface area (TPSA) is 44.5 Å². The molecule has 0 saturated heterocycles. The lowest BCUT2D eigenvalue weighted by Crippen LogP contribution is -2.11. The molecule has 16 heavy (non-hydrogen) atoms. The minimum atomic E-state index is 0.302. The fourth-order valence-electron chi connectivity index (χ4n) is 1.79. The average Bonchev–Trinajstić information content (AvgIpc) is 2.29. The van der Waals surface area contributed by atoms with Gasteiger partial charge in [-0.2, -0.15) is 0 Å². The maximum Gasteiger partial charge on any atom is 0.175 e. The first-order valence-electron chi connectivity index (χ1n) is 5.17. The lowest BCUT2D eigenvalue weighted by Gasteiger charge is -2.19. The highest BCUT2D eigenvalue weighted by molar-refractivity contribution is 9.10. The number of rotatable bonds is 4. The summed E-state index contributed by atoms with van der Waals surface area (Å²) in [5, 5.41) is 0. The Kier molecular flexibility index (Phi) is 4.62. The highest BCUT2D eigenvalue weighted by atomic mass is 79.9. The lowest BCUT2D eigenvalue weighted by atomic mass is 9.95. The summed E-state index contributed by atoms with van der Waals surface area (Å²) < 4.78 is 11.6. The summed E-state index contributed by atoms with van der Waals surface area (Å²) in [6.45, 7) is 4.73. The van der Waals surface area contributed by atoms with Crippen molar-refractivity contribution in [3.8, 4) is 11.5 Å². The molecule has 0 aromatic heterocycles. The Bertz CT molecular complexity index is 380. The van der Waals surface area contributed by atoms with Gasteiger partial charge < -0.3 is 15.2 Å². The Labute approximate surface area is 105 Å². The monoisotopic (exact) mass is 287 g/mol. The van der Waals surface area contributed by atoms with Crippen LogP contribution in [-0.2, 0) is 0 Å². The highest BCUT2D eigenvalue weighted by Gasteiger charge is 2.18. The summed E-state index contributed by atoms with van der Waals surface area (Å²) in [6.07, 6.45) is 0. The van der Waals surface area contributed by atoms with Gasteiger partial charge in [0.15, 0.2) is 11.5 Å². The van der Waals surface area contributed by atoms with Crippen molar-refractivity contribution in [1.29, 1.82) is 0 Å². The van der Waals surface area contributed by atoms with Crippen molar-refractivity contribution in [2.45, 2.75) is 19.8 Å². The third-order valence-electron chi connectivity index (χ3n) is 2.77. The molecule has 0 aliphatic carbocycles. The molecule has 0 spiro atoms. The molecule has 3 nitrogen and oxygen atoms in total. The molecule has 2 N–H and O–H groups in total. The van der Waals surface area contributed by atoms with Crippen LogP contribution in [0.1, 0.15) is 24.0 Å². The van der Waals surface area contributed by atoms with Crippen LogP contribution in [0.15, 0.2) is 10.5 Å². The molecule has 0 saturated carbocycles. The van der Waals surface area contributed by atoms with Crippen molar-refractivity contribution in [3.05, 3.63) is 21.7 Å². The molecule has 1 rings (SSSR count). The van der Waals surface area contributed by atoms with Crippen LogP contribution >= 0.6 is 15.9 Å². The maximum absolute atomic E-state index is 5.70. The smallest absolute Gasteiger partial charge is 0.175 e. The first-order valence-corrected chi connectivity index (χ1v) is 5.97. The Hall–Kier alpha value is -0.740. The van der Waals surface area contributed by atoms with Gasteiger partial charge in [0.2, 0.25) is 0 Å². The van der Waals surface area contributed by atoms with Crippen molar-refractivity contribution < 1.29 is 9.47 Å². The van der Waals surface area contributed by atoms with Crippen LogP contribution in [-0.4, -0.2) is 20.8 Å². The molecule has 0 aliphatic rings. The van der Waals surface area contributed by atoms with Gasteiger partial charge in [-0.15, -0.1) is 0 Å². The summed E-state index contributed by atoms with van der Waals surface area (Å²) in [7, 11) is 3.28. The predicted octanol–water partition coefficient (Wildman–Crippen LogP) is 2.84. The van der Waals surface area contributed by atoms with E-state index >= 15 is 0 Å². The van der Waals surface area contributed by atoms with E-state index < -0.39 is 0 Å². The Morgan fingerprint density at radius 1 is 1.31 bits per heavy atom. The second-order valence-electron chi connectivity index (χ2n) is 3.78. The lowest BCUT2D eigenvalue weighted by molar-refractivity contribution is 0.350. The summed E-state index contributed by atoms with van der Waals surface area (Å²) in [6, 6.07) is 2.05. The molecule has 1 aromatic carbocycles. The normalized spacial score (nSPS) is 12.4. The van der Waals surface area contributed by atoms with Gasteiger partial charge >= 0.3 is 0 Å². The second-order valence-corrected chi connectivity index (χ2v) is 4.63. The van der Waals surface area contributed by atoms with E-state index in [9.17, 15) is 0 Å². The van der Waals surface area contributed by atoms with Crippen LogP contribution in [0.3, 0.4) is 0 Å². The van der Waals surface area contributed by atoms with Crippen LogP contribution in [0.4, 0.5) is 0 Å². The highest BCUT2D eigenvalue weighted by Crippen LogP contribution is 2.41.